The zero-order chi connectivity index (χ0) is 40.8. The summed E-state index contributed by atoms with van der Waals surface area (Å²) in [6, 6.07) is 0. The van der Waals surface area contributed by atoms with Gasteiger partial charge < -0.3 is 14.2 Å². The number of hydrogen-bond donors (Lipinski definition) is 0. The lowest BCUT2D eigenvalue weighted by atomic mass is 10.1. The topological polar surface area (TPSA) is 78.9 Å². The van der Waals surface area contributed by atoms with Crippen molar-refractivity contribution >= 4 is 17.9 Å². The minimum absolute atomic E-state index is 0.111. The van der Waals surface area contributed by atoms with Crippen LogP contribution in [0, 0.1) is 0 Å². The Hall–Kier alpha value is -3.67. The van der Waals surface area contributed by atoms with E-state index in [0.29, 0.717) is 19.3 Å². The van der Waals surface area contributed by atoms with Crippen LogP contribution >= 0.6 is 0 Å². The van der Waals surface area contributed by atoms with Gasteiger partial charge >= 0.3 is 17.9 Å². The summed E-state index contributed by atoms with van der Waals surface area (Å²) in [5.41, 5.74) is 0. The van der Waals surface area contributed by atoms with Gasteiger partial charge in [-0.2, -0.15) is 0 Å². The highest BCUT2D eigenvalue weighted by molar-refractivity contribution is 5.71. The first-order valence-corrected chi connectivity index (χ1v) is 22.2. The van der Waals surface area contributed by atoms with Crippen LogP contribution in [0.5, 0.6) is 0 Å². The highest BCUT2D eigenvalue weighted by atomic mass is 16.6. The van der Waals surface area contributed by atoms with Gasteiger partial charge in [-0.05, 0) is 109 Å². The number of carbonyl (C=O) groups is 3. The van der Waals surface area contributed by atoms with Gasteiger partial charge in [0.15, 0.2) is 6.10 Å². The van der Waals surface area contributed by atoms with Crippen LogP contribution in [0.1, 0.15) is 181 Å². The van der Waals surface area contributed by atoms with E-state index in [2.05, 4.69) is 118 Å². The molecular weight excluding hydrogens is 697 g/mol. The van der Waals surface area contributed by atoms with Gasteiger partial charge in [-0.3, -0.25) is 14.4 Å². The van der Waals surface area contributed by atoms with Crippen LogP contribution in [0.25, 0.3) is 0 Å². The first kappa shape index (κ1) is 52.3. The van der Waals surface area contributed by atoms with Crippen molar-refractivity contribution in [3.63, 3.8) is 0 Å². The smallest absolute Gasteiger partial charge is 0.306 e. The minimum Gasteiger partial charge on any atom is -0.462 e. The number of esters is 3. The fourth-order valence-corrected chi connectivity index (χ4v) is 5.48. The van der Waals surface area contributed by atoms with Gasteiger partial charge in [-0.1, -0.05) is 150 Å². The zero-order valence-electron chi connectivity index (χ0n) is 35.9. The number of unbranched alkanes of at least 4 members (excludes halogenated alkanes) is 11. The third kappa shape index (κ3) is 41.5. The molecule has 0 aliphatic heterocycles. The highest BCUT2D eigenvalue weighted by Gasteiger charge is 2.19. The molecule has 1 atom stereocenters. The molecule has 316 valence electrons. The molecule has 0 aromatic rings. The molecule has 1 unspecified atom stereocenters. The standard InChI is InChI=1S/C50H80O6/c1-4-7-10-13-16-19-22-24-25-26-27-29-31-34-37-40-43-49(52)55-46-47(45-54-48(51)42-39-36-33-30-21-18-15-12-9-6-3)56-50(53)44-41-38-35-32-28-23-20-17-14-11-8-5-2/h7-8,10-11,15-20,24-25,27-29,32,47H,4-6,9,12-14,21-23,26,30-31,33-46H2,1-3H3/b10-7-,11-8-,18-15-,19-16-,20-17-,25-24-,29-27-,32-28-. The Bertz CT molecular complexity index is 1170. The maximum Gasteiger partial charge on any atom is 0.306 e. The Balaban J connectivity index is 4.51. The molecule has 0 aromatic carbocycles. The van der Waals surface area contributed by atoms with Gasteiger partial charge in [0.2, 0.25) is 0 Å². The van der Waals surface area contributed by atoms with Crippen LogP contribution in [-0.4, -0.2) is 37.2 Å². The van der Waals surface area contributed by atoms with Crippen LogP contribution in [0.15, 0.2) is 97.2 Å². The van der Waals surface area contributed by atoms with E-state index in [1.807, 2.05) is 0 Å². The molecule has 6 nitrogen and oxygen atoms in total. The molecule has 0 N–H and O–H groups in total. The first-order valence-electron chi connectivity index (χ1n) is 22.2. The molecule has 0 heterocycles. The average molecular weight is 777 g/mol. The number of carbonyl (C=O) groups excluding carboxylic acids is 3. The lowest BCUT2D eigenvalue weighted by Gasteiger charge is -2.18. The van der Waals surface area contributed by atoms with Crippen LogP contribution in [0.2, 0.25) is 0 Å². The van der Waals surface area contributed by atoms with Gasteiger partial charge in [0, 0.05) is 19.3 Å². The fraction of sp³-hybridized carbons (Fsp3) is 0.620. The van der Waals surface area contributed by atoms with E-state index in [9.17, 15) is 14.4 Å². The molecule has 0 bridgehead atoms. The molecule has 0 rings (SSSR count). The Morgan fingerprint density at radius 1 is 0.375 bits per heavy atom. The number of ether oxygens (including phenoxy) is 3. The van der Waals surface area contributed by atoms with Crippen molar-refractivity contribution in [1.29, 1.82) is 0 Å². The van der Waals surface area contributed by atoms with E-state index < -0.39 is 6.10 Å². The van der Waals surface area contributed by atoms with Crippen molar-refractivity contribution in [1.82, 2.24) is 0 Å². The molecule has 6 heteroatoms. The summed E-state index contributed by atoms with van der Waals surface area (Å²) in [5, 5.41) is 0. The maximum absolute atomic E-state index is 12.7. The fourth-order valence-electron chi connectivity index (χ4n) is 5.48. The van der Waals surface area contributed by atoms with E-state index in [1.54, 1.807) is 0 Å². The second-order valence-electron chi connectivity index (χ2n) is 14.2. The molecule has 0 amide bonds. The largest absolute Gasteiger partial charge is 0.462 e. The summed E-state index contributed by atoms with van der Waals surface area (Å²) in [6.45, 7) is 6.25. The molecule has 0 spiro atoms. The van der Waals surface area contributed by atoms with Crippen molar-refractivity contribution in [2.24, 2.45) is 0 Å². The predicted molar refractivity (Wildman–Crippen MR) is 237 cm³/mol. The van der Waals surface area contributed by atoms with Crippen molar-refractivity contribution < 1.29 is 28.6 Å². The molecule has 0 aromatic heterocycles. The zero-order valence-corrected chi connectivity index (χ0v) is 35.9. The van der Waals surface area contributed by atoms with E-state index in [-0.39, 0.29) is 37.5 Å². The normalized spacial score (nSPS) is 13.0. The van der Waals surface area contributed by atoms with Crippen LogP contribution < -0.4 is 0 Å². The van der Waals surface area contributed by atoms with Gasteiger partial charge in [-0.25, -0.2) is 0 Å². The molecule has 56 heavy (non-hydrogen) atoms. The summed E-state index contributed by atoms with van der Waals surface area (Å²) in [5.74, 6) is -1.01. The monoisotopic (exact) mass is 777 g/mol. The van der Waals surface area contributed by atoms with E-state index in [0.717, 1.165) is 122 Å². The summed E-state index contributed by atoms with van der Waals surface area (Å²) in [4.78, 5) is 37.7. The molecule has 0 radical (unpaired) electrons. The average Bonchev–Trinajstić information content (AvgIpc) is 3.19. The van der Waals surface area contributed by atoms with Crippen LogP contribution in [0.3, 0.4) is 0 Å². The number of rotatable bonds is 38. The van der Waals surface area contributed by atoms with E-state index in [1.165, 1.54) is 12.8 Å². The van der Waals surface area contributed by atoms with Crippen LogP contribution in [0.4, 0.5) is 0 Å². The van der Waals surface area contributed by atoms with Gasteiger partial charge in [0.05, 0.1) is 0 Å². The quantitative estimate of drug-likeness (QED) is 0.0269. The molecule has 0 saturated carbocycles. The maximum atomic E-state index is 12.7. The summed E-state index contributed by atoms with van der Waals surface area (Å²) in [6.07, 6.45) is 56.8. The van der Waals surface area contributed by atoms with Gasteiger partial charge in [0.1, 0.15) is 13.2 Å². The van der Waals surface area contributed by atoms with Crippen molar-refractivity contribution in [3.8, 4) is 0 Å². The molecule has 0 aliphatic rings. The second kappa shape index (κ2) is 44.0. The van der Waals surface area contributed by atoms with E-state index >= 15 is 0 Å². The molecular formula is C50H80O6. The summed E-state index contributed by atoms with van der Waals surface area (Å²) < 4.78 is 16.6. The summed E-state index contributed by atoms with van der Waals surface area (Å²) >= 11 is 0. The SMILES string of the molecule is CC/C=C\C/C=C\C/C=C\C/C=C\CCCCCC(=O)OCC(COC(=O)CCCCCC/C=C\CCCC)OC(=O)CCCC/C=C\C/C=C\C/C=C\CC. The first-order chi connectivity index (χ1) is 27.5. The van der Waals surface area contributed by atoms with E-state index in [4.69, 9.17) is 14.2 Å². The lowest BCUT2D eigenvalue weighted by molar-refractivity contribution is -0.167. The van der Waals surface area contributed by atoms with Crippen LogP contribution in [-0.2, 0) is 28.6 Å². The van der Waals surface area contributed by atoms with Crippen molar-refractivity contribution in [3.05, 3.63) is 97.2 Å². The minimum atomic E-state index is -0.813. The molecule has 0 aliphatic carbocycles. The van der Waals surface area contributed by atoms with Gasteiger partial charge in [0.25, 0.3) is 0 Å². The Labute approximate surface area is 343 Å². The second-order valence-corrected chi connectivity index (χ2v) is 14.2. The molecule has 0 saturated heterocycles. The lowest BCUT2D eigenvalue weighted by Crippen LogP contribution is -2.30. The van der Waals surface area contributed by atoms with Crippen molar-refractivity contribution in [2.75, 3.05) is 13.2 Å². The Morgan fingerprint density at radius 3 is 1.14 bits per heavy atom. The third-order valence-electron chi connectivity index (χ3n) is 8.80. The number of allylic oxidation sites excluding steroid dienone is 16. The van der Waals surface area contributed by atoms with Gasteiger partial charge in [-0.15, -0.1) is 0 Å². The molecule has 0 fully saturated rings. The third-order valence-corrected chi connectivity index (χ3v) is 8.80. The highest BCUT2D eigenvalue weighted by Crippen LogP contribution is 2.11. The van der Waals surface area contributed by atoms with Crippen molar-refractivity contribution in [2.45, 2.75) is 187 Å². The predicted octanol–water partition coefficient (Wildman–Crippen LogP) is 14.2. The Kier molecular flexibility index (Phi) is 41.2. The Morgan fingerprint density at radius 2 is 0.696 bits per heavy atom. The number of hydrogen-bond acceptors (Lipinski definition) is 6. The summed E-state index contributed by atoms with van der Waals surface area (Å²) in [7, 11) is 0.